The zero-order chi connectivity index (χ0) is 22.3. The van der Waals surface area contributed by atoms with E-state index in [4.69, 9.17) is 9.26 Å². The SMILES string of the molecule is Cc1ccc(NS(=O)(=O)c2ccc3c(c2)N(Cc2noc(C4CCC4)n2)C(=O)CO3)cc1. The number of nitrogens with zero attached hydrogens (tertiary/aromatic N) is 3. The molecule has 0 unspecified atom stereocenters. The average Bonchev–Trinajstić information content (AvgIpc) is 3.18. The zero-order valence-corrected chi connectivity index (χ0v) is 18.3. The highest BCUT2D eigenvalue weighted by atomic mass is 32.2. The molecule has 1 N–H and O–H groups in total. The number of hydrogen-bond acceptors (Lipinski definition) is 7. The summed E-state index contributed by atoms with van der Waals surface area (Å²) in [5.41, 5.74) is 1.82. The molecule has 2 aliphatic rings. The Hall–Kier alpha value is -3.40. The van der Waals surface area contributed by atoms with Gasteiger partial charge in [-0.3, -0.25) is 14.4 Å². The number of benzene rings is 2. The van der Waals surface area contributed by atoms with Crippen molar-refractivity contribution in [3.8, 4) is 5.75 Å². The van der Waals surface area contributed by atoms with Gasteiger partial charge in [0.1, 0.15) is 5.75 Å². The van der Waals surface area contributed by atoms with Crippen LogP contribution >= 0.6 is 0 Å². The van der Waals surface area contributed by atoms with Crippen LogP contribution < -0.4 is 14.4 Å². The Morgan fingerprint density at radius 1 is 1.16 bits per heavy atom. The monoisotopic (exact) mass is 454 g/mol. The van der Waals surface area contributed by atoms with E-state index < -0.39 is 10.0 Å². The van der Waals surface area contributed by atoms with Gasteiger partial charge < -0.3 is 9.26 Å². The summed E-state index contributed by atoms with van der Waals surface area (Å²) in [6.07, 6.45) is 3.19. The summed E-state index contributed by atoms with van der Waals surface area (Å²) < 4.78 is 39.3. The smallest absolute Gasteiger partial charge is 0.265 e. The first-order valence-electron chi connectivity index (χ1n) is 10.4. The third-order valence-electron chi connectivity index (χ3n) is 5.73. The predicted octanol–water partition coefficient (Wildman–Crippen LogP) is 3.37. The highest BCUT2D eigenvalue weighted by Gasteiger charge is 2.30. The van der Waals surface area contributed by atoms with Gasteiger partial charge in [0.15, 0.2) is 12.4 Å². The van der Waals surface area contributed by atoms with Gasteiger partial charge in [0.2, 0.25) is 5.89 Å². The van der Waals surface area contributed by atoms with Gasteiger partial charge in [-0.2, -0.15) is 4.98 Å². The molecule has 10 heteroatoms. The number of sulfonamides is 1. The summed E-state index contributed by atoms with van der Waals surface area (Å²) >= 11 is 0. The Morgan fingerprint density at radius 2 is 1.94 bits per heavy atom. The molecule has 1 aliphatic carbocycles. The minimum absolute atomic E-state index is 0.0170. The van der Waals surface area contributed by atoms with Crippen LogP contribution in [-0.4, -0.2) is 31.1 Å². The van der Waals surface area contributed by atoms with Crippen molar-refractivity contribution in [3.05, 3.63) is 59.7 Å². The summed E-state index contributed by atoms with van der Waals surface area (Å²) in [4.78, 5) is 18.5. The Kier molecular flexibility index (Phi) is 5.09. The second-order valence-electron chi connectivity index (χ2n) is 8.05. The van der Waals surface area contributed by atoms with E-state index in [0.717, 1.165) is 24.8 Å². The molecular formula is C22H22N4O5S. The molecule has 3 aromatic rings. The van der Waals surface area contributed by atoms with Crippen molar-refractivity contribution in [2.45, 2.75) is 43.5 Å². The molecule has 0 radical (unpaired) electrons. The molecule has 0 bridgehead atoms. The van der Waals surface area contributed by atoms with E-state index in [0.29, 0.717) is 28.8 Å². The number of nitrogens with one attached hydrogen (secondary N) is 1. The van der Waals surface area contributed by atoms with Gasteiger partial charge in [0.25, 0.3) is 15.9 Å². The van der Waals surface area contributed by atoms with Crippen molar-refractivity contribution in [1.29, 1.82) is 0 Å². The molecule has 1 saturated carbocycles. The van der Waals surface area contributed by atoms with Crippen LogP contribution in [-0.2, 0) is 21.4 Å². The quantitative estimate of drug-likeness (QED) is 0.607. The lowest BCUT2D eigenvalue weighted by atomic mass is 9.85. The van der Waals surface area contributed by atoms with E-state index >= 15 is 0 Å². The first-order chi connectivity index (χ1) is 15.4. The summed E-state index contributed by atoms with van der Waals surface area (Å²) in [7, 11) is -3.87. The van der Waals surface area contributed by atoms with Crippen molar-refractivity contribution in [1.82, 2.24) is 10.1 Å². The van der Waals surface area contributed by atoms with E-state index in [1.807, 2.05) is 19.1 Å². The number of rotatable bonds is 6. The highest BCUT2D eigenvalue weighted by Crippen LogP contribution is 2.37. The van der Waals surface area contributed by atoms with E-state index in [9.17, 15) is 13.2 Å². The second-order valence-corrected chi connectivity index (χ2v) is 9.73. The first kappa shape index (κ1) is 20.5. The molecule has 0 spiro atoms. The van der Waals surface area contributed by atoms with E-state index in [2.05, 4.69) is 14.9 Å². The van der Waals surface area contributed by atoms with Crippen LogP contribution in [0.3, 0.4) is 0 Å². The van der Waals surface area contributed by atoms with Crippen LogP contribution in [0, 0.1) is 6.92 Å². The van der Waals surface area contributed by atoms with Gasteiger partial charge >= 0.3 is 0 Å². The molecule has 32 heavy (non-hydrogen) atoms. The minimum Gasteiger partial charge on any atom is -0.482 e. The summed E-state index contributed by atoms with van der Waals surface area (Å²) in [5, 5.41) is 4.00. The number of anilines is 2. The van der Waals surface area contributed by atoms with Crippen LogP contribution in [0.1, 0.15) is 42.5 Å². The molecule has 1 fully saturated rings. The number of hydrogen-bond donors (Lipinski definition) is 1. The van der Waals surface area contributed by atoms with Crippen molar-refractivity contribution in [2.24, 2.45) is 0 Å². The van der Waals surface area contributed by atoms with Crippen molar-refractivity contribution >= 4 is 27.3 Å². The maximum absolute atomic E-state index is 12.9. The zero-order valence-electron chi connectivity index (χ0n) is 17.4. The molecule has 166 valence electrons. The van der Waals surface area contributed by atoms with E-state index in [1.165, 1.54) is 17.0 Å². The Balaban J connectivity index is 1.42. The lowest BCUT2D eigenvalue weighted by molar-refractivity contribution is -0.121. The van der Waals surface area contributed by atoms with Crippen LogP contribution in [0.15, 0.2) is 51.9 Å². The lowest BCUT2D eigenvalue weighted by Gasteiger charge is -2.28. The van der Waals surface area contributed by atoms with Gasteiger partial charge in [-0.25, -0.2) is 8.42 Å². The van der Waals surface area contributed by atoms with Crippen LogP contribution in [0.25, 0.3) is 0 Å². The fourth-order valence-corrected chi connectivity index (χ4v) is 4.73. The molecule has 0 saturated heterocycles. The molecule has 9 nitrogen and oxygen atoms in total. The molecule has 5 rings (SSSR count). The third kappa shape index (κ3) is 3.93. The van der Waals surface area contributed by atoms with Crippen molar-refractivity contribution in [3.63, 3.8) is 0 Å². The van der Waals surface area contributed by atoms with E-state index in [1.54, 1.807) is 18.2 Å². The molecule has 2 heterocycles. The number of carbonyl (C=O) groups excluding carboxylic acids is 1. The molecule has 2 aromatic carbocycles. The topological polar surface area (TPSA) is 115 Å². The number of fused-ring (bicyclic) bond motifs is 1. The fourth-order valence-electron chi connectivity index (χ4n) is 3.65. The highest BCUT2D eigenvalue weighted by molar-refractivity contribution is 7.92. The van der Waals surface area contributed by atoms with Crippen molar-refractivity contribution in [2.75, 3.05) is 16.2 Å². The number of carbonyl (C=O) groups is 1. The molecule has 1 aromatic heterocycles. The van der Waals surface area contributed by atoms with Gasteiger partial charge in [-0.1, -0.05) is 29.3 Å². The maximum atomic E-state index is 12.9. The predicted molar refractivity (Wildman–Crippen MR) is 116 cm³/mol. The standard InChI is InChI=1S/C22H22N4O5S/c1-14-5-7-16(8-6-14)25-32(28,29)17-9-10-19-18(11-17)26(21(27)13-30-19)12-20-23-22(31-24-20)15-3-2-4-15/h5-11,15,25H,2-4,12-13H2,1H3. The number of aromatic nitrogens is 2. The Labute approximate surface area is 185 Å². The van der Waals surface area contributed by atoms with E-state index in [-0.39, 0.29) is 29.9 Å². The van der Waals surface area contributed by atoms with Crippen molar-refractivity contribution < 1.29 is 22.5 Å². The fraction of sp³-hybridized carbons (Fsp3) is 0.318. The third-order valence-corrected chi connectivity index (χ3v) is 7.10. The largest absolute Gasteiger partial charge is 0.482 e. The second kappa shape index (κ2) is 7.94. The van der Waals surface area contributed by atoms with Gasteiger partial charge in [0, 0.05) is 11.6 Å². The van der Waals surface area contributed by atoms with Crippen LogP contribution in [0.4, 0.5) is 11.4 Å². The molecule has 0 atom stereocenters. The average molecular weight is 455 g/mol. The van der Waals surface area contributed by atoms with Gasteiger partial charge in [-0.05, 0) is 50.1 Å². The number of amides is 1. The lowest BCUT2D eigenvalue weighted by Crippen LogP contribution is -2.38. The normalized spacial score (nSPS) is 16.3. The molecule has 1 aliphatic heterocycles. The summed E-state index contributed by atoms with van der Waals surface area (Å²) in [6.45, 7) is 1.85. The maximum Gasteiger partial charge on any atom is 0.265 e. The van der Waals surface area contributed by atoms with Gasteiger partial charge in [0.05, 0.1) is 17.1 Å². The van der Waals surface area contributed by atoms with Crippen LogP contribution in [0.2, 0.25) is 0 Å². The Morgan fingerprint density at radius 3 is 2.66 bits per heavy atom. The summed E-state index contributed by atoms with van der Waals surface area (Å²) in [5.74, 6) is 1.36. The Bertz CT molecular complexity index is 1270. The minimum atomic E-state index is -3.87. The molecule has 1 amide bonds. The molecular weight excluding hydrogens is 432 g/mol. The summed E-state index contributed by atoms with van der Waals surface area (Å²) in [6, 6.07) is 11.5. The number of ether oxygens (including phenoxy) is 1. The first-order valence-corrected chi connectivity index (χ1v) is 11.9. The van der Waals surface area contributed by atoms with Gasteiger partial charge in [-0.15, -0.1) is 0 Å². The van der Waals surface area contributed by atoms with Crippen LogP contribution in [0.5, 0.6) is 5.75 Å². The number of aryl methyl sites for hydroxylation is 1.